The van der Waals surface area contributed by atoms with Crippen LogP contribution in [-0.4, -0.2) is 33.3 Å². The number of rotatable bonds is 6. The number of hydrogen-bond donors (Lipinski definition) is 2. The summed E-state index contributed by atoms with van der Waals surface area (Å²) in [6.45, 7) is 4.45. The molecular formula is C14H19N5O. The molecule has 2 N–H and O–H groups in total. The van der Waals surface area contributed by atoms with Gasteiger partial charge in [0, 0.05) is 11.7 Å². The predicted molar refractivity (Wildman–Crippen MR) is 77.7 cm³/mol. The number of benzene rings is 1. The van der Waals surface area contributed by atoms with Crippen molar-refractivity contribution in [2.45, 2.75) is 26.3 Å². The molecule has 6 heteroatoms. The number of anilines is 1. The zero-order chi connectivity index (χ0) is 14.4. The monoisotopic (exact) mass is 273 g/mol. The summed E-state index contributed by atoms with van der Waals surface area (Å²) in [6, 6.07) is 7.88. The minimum atomic E-state index is -0.0498. The van der Waals surface area contributed by atoms with E-state index in [9.17, 15) is 4.79 Å². The first kappa shape index (κ1) is 14.2. The van der Waals surface area contributed by atoms with Gasteiger partial charge in [-0.3, -0.25) is 9.36 Å². The van der Waals surface area contributed by atoms with E-state index < -0.39 is 0 Å². The lowest BCUT2D eigenvalue weighted by Crippen LogP contribution is -2.33. The van der Waals surface area contributed by atoms with Crippen molar-refractivity contribution in [3.05, 3.63) is 36.9 Å². The largest absolute Gasteiger partial charge is 0.325 e. The van der Waals surface area contributed by atoms with Gasteiger partial charge < -0.3 is 10.6 Å². The van der Waals surface area contributed by atoms with E-state index in [-0.39, 0.29) is 5.91 Å². The van der Waals surface area contributed by atoms with Crippen molar-refractivity contribution in [3.8, 4) is 5.69 Å². The van der Waals surface area contributed by atoms with Gasteiger partial charge in [0.25, 0.3) is 0 Å². The van der Waals surface area contributed by atoms with Gasteiger partial charge in [-0.1, -0.05) is 13.0 Å². The lowest BCUT2D eigenvalue weighted by Gasteiger charge is -2.12. The van der Waals surface area contributed by atoms with Gasteiger partial charge in [0.1, 0.15) is 12.7 Å². The molecule has 106 valence electrons. The summed E-state index contributed by atoms with van der Waals surface area (Å²) in [7, 11) is 0. The number of carbonyl (C=O) groups is 1. The van der Waals surface area contributed by atoms with Gasteiger partial charge in [0.15, 0.2) is 0 Å². The molecule has 2 rings (SSSR count). The lowest BCUT2D eigenvalue weighted by molar-refractivity contribution is -0.115. The van der Waals surface area contributed by atoms with E-state index in [4.69, 9.17) is 0 Å². The van der Waals surface area contributed by atoms with E-state index in [1.54, 1.807) is 17.2 Å². The number of nitrogens with one attached hydrogen (secondary N) is 2. The third-order valence-electron chi connectivity index (χ3n) is 3.07. The van der Waals surface area contributed by atoms with E-state index in [0.717, 1.165) is 17.8 Å². The first-order chi connectivity index (χ1) is 9.69. The molecule has 1 aromatic heterocycles. The Bertz CT molecular complexity index is 552. The van der Waals surface area contributed by atoms with Gasteiger partial charge in [0.2, 0.25) is 5.91 Å². The zero-order valence-electron chi connectivity index (χ0n) is 11.7. The smallest absolute Gasteiger partial charge is 0.238 e. The molecule has 6 nitrogen and oxygen atoms in total. The maximum atomic E-state index is 11.8. The van der Waals surface area contributed by atoms with Crippen molar-refractivity contribution in [3.63, 3.8) is 0 Å². The molecule has 1 aromatic carbocycles. The molecule has 0 aliphatic heterocycles. The van der Waals surface area contributed by atoms with E-state index in [2.05, 4.69) is 34.7 Å². The average molecular weight is 273 g/mol. The molecular weight excluding hydrogens is 254 g/mol. The van der Waals surface area contributed by atoms with Crippen LogP contribution < -0.4 is 10.6 Å². The van der Waals surface area contributed by atoms with E-state index >= 15 is 0 Å². The zero-order valence-corrected chi connectivity index (χ0v) is 11.7. The lowest BCUT2D eigenvalue weighted by atomic mass is 10.2. The average Bonchev–Trinajstić information content (AvgIpc) is 2.99. The van der Waals surface area contributed by atoms with Crippen molar-refractivity contribution < 1.29 is 4.79 Å². The Labute approximate surface area is 118 Å². The SMILES string of the molecule is CCC(C)NCC(=O)Nc1cccc(-n2cnnc2)c1. The molecule has 0 saturated heterocycles. The van der Waals surface area contributed by atoms with Gasteiger partial charge in [0.05, 0.1) is 12.2 Å². The molecule has 0 saturated carbocycles. The highest BCUT2D eigenvalue weighted by atomic mass is 16.1. The first-order valence-corrected chi connectivity index (χ1v) is 6.67. The highest BCUT2D eigenvalue weighted by molar-refractivity contribution is 5.92. The number of aromatic nitrogens is 3. The maximum absolute atomic E-state index is 11.8. The van der Waals surface area contributed by atoms with Crippen LogP contribution in [0.2, 0.25) is 0 Å². The van der Waals surface area contributed by atoms with Crippen LogP contribution >= 0.6 is 0 Å². The van der Waals surface area contributed by atoms with Crippen LogP contribution in [0, 0.1) is 0 Å². The summed E-state index contributed by atoms with van der Waals surface area (Å²) in [6.07, 6.45) is 4.23. The van der Waals surface area contributed by atoms with Crippen molar-refractivity contribution >= 4 is 11.6 Å². The minimum Gasteiger partial charge on any atom is -0.325 e. The third kappa shape index (κ3) is 3.89. The summed E-state index contributed by atoms with van der Waals surface area (Å²) in [5.41, 5.74) is 1.66. The Morgan fingerprint density at radius 3 is 2.80 bits per heavy atom. The molecule has 20 heavy (non-hydrogen) atoms. The van der Waals surface area contributed by atoms with Crippen LogP contribution in [0.1, 0.15) is 20.3 Å². The number of amides is 1. The standard InChI is InChI=1S/C14H19N5O/c1-3-11(2)15-8-14(20)18-12-5-4-6-13(7-12)19-9-16-17-10-19/h4-7,9-11,15H,3,8H2,1-2H3,(H,18,20). The van der Waals surface area contributed by atoms with E-state index in [1.807, 2.05) is 24.3 Å². The fourth-order valence-electron chi connectivity index (χ4n) is 1.69. The molecule has 1 unspecified atom stereocenters. The van der Waals surface area contributed by atoms with Crippen LogP contribution in [0.4, 0.5) is 5.69 Å². The molecule has 1 amide bonds. The minimum absolute atomic E-state index is 0.0498. The predicted octanol–water partition coefficient (Wildman–Crippen LogP) is 1.59. The van der Waals surface area contributed by atoms with Crippen molar-refractivity contribution in [2.75, 3.05) is 11.9 Å². The Balaban J connectivity index is 1.96. The molecule has 0 fully saturated rings. The fourth-order valence-corrected chi connectivity index (χ4v) is 1.69. The second kappa shape index (κ2) is 6.81. The molecule has 0 aliphatic rings. The van der Waals surface area contributed by atoms with Crippen LogP contribution in [-0.2, 0) is 4.79 Å². The quantitative estimate of drug-likeness (QED) is 0.838. The van der Waals surface area contributed by atoms with Crippen molar-refractivity contribution in [2.24, 2.45) is 0 Å². The molecule has 2 aromatic rings. The highest BCUT2D eigenvalue weighted by Crippen LogP contribution is 2.13. The van der Waals surface area contributed by atoms with Crippen LogP contribution in [0.15, 0.2) is 36.9 Å². The van der Waals surface area contributed by atoms with Gasteiger partial charge in [-0.15, -0.1) is 10.2 Å². The molecule has 1 atom stereocenters. The summed E-state index contributed by atoms with van der Waals surface area (Å²) in [5, 5.41) is 13.6. The van der Waals surface area contributed by atoms with E-state index in [0.29, 0.717) is 12.6 Å². The summed E-state index contributed by atoms with van der Waals surface area (Å²) in [4.78, 5) is 11.8. The fraction of sp³-hybridized carbons (Fsp3) is 0.357. The van der Waals surface area contributed by atoms with Crippen LogP contribution in [0.3, 0.4) is 0 Å². The van der Waals surface area contributed by atoms with Gasteiger partial charge in [-0.2, -0.15) is 0 Å². The second-order valence-corrected chi connectivity index (χ2v) is 4.66. The molecule has 0 aliphatic carbocycles. The van der Waals surface area contributed by atoms with Crippen molar-refractivity contribution in [1.82, 2.24) is 20.1 Å². The Hall–Kier alpha value is -2.21. The van der Waals surface area contributed by atoms with Gasteiger partial charge in [-0.05, 0) is 31.5 Å². The first-order valence-electron chi connectivity index (χ1n) is 6.67. The molecule has 0 radical (unpaired) electrons. The Morgan fingerprint density at radius 1 is 1.35 bits per heavy atom. The number of carbonyl (C=O) groups excluding carboxylic acids is 1. The summed E-state index contributed by atoms with van der Waals surface area (Å²) < 4.78 is 1.78. The van der Waals surface area contributed by atoms with E-state index in [1.165, 1.54) is 0 Å². The second-order valence-electron chi connectivity index (χ2n) is 4.66. The molecule has 0 bridgehead atoms. The Kier molecular flexibility index (Phi) is 4.84. The highest BCUT2D eigenvalue weighted by Gasteiger charge is 2.05. The van der Waals surface area contributed by atoms with Crippen molar-refractivity contribution in [1.29, 1.82) is 0 Å². The number of nitrogens with zero attached hydrogens (tertiary/aromatic N) is 3. The number of hydrogen-bond acceptors (Lipinski definition) is 4. The third-order valence-corrected chi connectivity index (χ3v) is 3.07. The normalized spacial score (nSPS) is 12.1. The molecule has 1 heterocycles. The Morgan fingerprint density at radius 2 is 2.10 bits per heavy atom. The topological polar surface area (TPSA) is 71.8 Å². The maximum Gasteiger partial charge on any atom is 0.238 e. The molecule has 0 spiro atoms. The van der Waals surface area contributed by atoms with Crippen LogP contribution in [0.25, 0.3) is 5.69 Å². The summed E-state index contributed by atoms with van der Waals surface area (Å²) >= 11 is 0. The van der Waals surface area contributed by atoms with Gasteiger partial charge >= 0.3 is 0 Å². The summed E-state index contributed by atoms with van der Waals surface area (Å²) in [5.74, 6) is -0.0498. The van der Waals surface area contributed by atoms with Crippen LogP contribution in [0.5, 0.6) is 0 Å². The van der Waals surface area contributed by atoms with Gasteiger partial charge in [-0.25, -0.2) is 0 Å².